The molecule has 2 aliphatic heterocycles. The van der Waals surface area contributed by atoms with Crippen molar-refractivity contribution >= 4 is 11.9 Å². The van der Waals surface area contributed by atoms with Gasteiger partial charge in [0.15, 0.2) is 5.92 Å². The van der Waals surface area contributed by atoms with Gasteiger partial charge in [-0.25, -0.2) is 4.99 Å². The van der Waals surface area contributed by atoms with Crippen molar-refractivity contribution in [3.63, 3.8) is 0 Å². The second-order valence-electron chi connectivity index (χ2n) is 7.92. The van der Waals surface area contributed by atoms with Crippen molar-refractivity contribution in [1.82, 2.24) is 10.2 Å². The highest BCUT2D eigenvalue weighted by atomic mass is 16.2. The molecule has 1 amide bonds. The average molecular weight is 350 g/mol. The number of piperidine rings is 1. The topological polar surface area (TPSA) is 68.5 Å². The molecule has 1 saturated heterocycles. The minimum Gasteiger partial charge on any atom is -0.343 e. The Balaban J connectivity index is 1.43. The number of carbonyl (C=O) groups is 1. The van der Waals surface area contributed by atoms with Crippen LogP contribution >= 0.6 is 0 Å². The minimum atomic E-state index is -0.635. The van der Waals surface area contributed by atoms with Crippen LogP contribution in [-0.2, 0) is 11.2 Å². The number of amides is 1. The first-order valence-corrected chi connectivity index (χ1v) is 9.79. The third kappa shape index (κ3) is 3.21. The summed E-state index contributed by atoms with van der Waals surface area (Å²) in [5.74, 6) is 0.595. The molecule has 1 aliphatic carbocycles. The lowest BCUT2D eigenvalue weighted by Gasteiger charge is -2.40. The SMILES string of the molecule is N#CC1C(=O)NC(N2CCC(Cc3ccccc3)CC2)=NC12CCCC2. The Kier molecular flexibility index (Phi) is 4.67. The number of rotatable bonds is 2. The molecule has 1 N–H and O–H groups in total. The summed E-state index contributed by atoms with van der Waals surface area (Å²) in [6, 6.07) is 12.9. The van der Waals surface area contributed by atoms with Gasteiger partial charge >= 0.3 is 0 Å². The standard InChI is InChI=1S/C21H26N4O/c22-15-18-19(26)23-20(24-21(18)10-4-5-11-21)25-12-8-17(9-13-25)14-16-6-2-1-3-7-16/h1-3,6-7,17-18H,4-5,8-14H2,(H,23,24,26). The van der Waals surface area contributed by atoms with E-state index < -0.39 is 11.5 Å². The predicted octanol–water partition coefficient (Wildman–Crippen LogP) is 2.88. The first-order valence-electron chi connectivity index (χ1n) is 9.79. The summed E-state index contributed by atoms with van der Waals surface area (Å²) in [6.07, 6.45) is 7.16. The van der Waals surface area contributed by atoms with Crippen LogP contribution in [0.3, 0.4) is 0 Å². The van der Waals surface area contributed by atoms with Gasteiger partial charge in [0.2, 0.25) is 11.9 Å². The molecule has 1 spiro atoms. The molecule has 136 valence electrons. The molecule has 1 saturated carbocycles. The summed E-state index contributed by atoms with van der Waals surface area (Å²) < 4.78 is 0. The van der Waals surface area contributed by atoms with Gasteiger partial charge in [-0.1, -0.05) is 43.2 Å². The van der Waals surface area contributed by atoms with Crippen LogP contribution in [0, 0.1) is 23.2 Å². The van der Waals surface area contributed by atoms with Crippen LogP contribution in [0.2, 0.25) is 0 Å². The number of carbonyl (C=O) groups excluding carboxylic acids is 1. The Bertz CT molecular complexity index is 722. The predicted molar refractivity (Wildman–Crippen MR) is 100 cm³/mol. The molecule has 0 radical (unpaired) electrons. The van der Waals surface area contributed by atoms with Crippen molar-refractivity contribution in [2.75, 3.05) is 13.1 Å². The van der Waals surface area contributed by atoms with E-state index in [-0.39, 0.29) is 5.91 Å². The lowest BCUT2D eigenvalue weighted by Crippen LogP contribution is -2.57. The monoisotopic (exact) mass is 350 g/mol. The number of aliphatic imine (C=N–C) groups is 1. The number of hydrogen-bond acceptors (Lipinski definition) is 4. The number of likely N-dealkylation sites (tertiary alicyclic amines) is 1. The van der Waals surface area contributed by atoms with Gasteiger partial charge in [0.1, 0.15) is 0 Å². The fraction of sp³-hybridized carbons (Fsp3) is 0.571. The molecule has 1 atom stereocenters. The van der Waals surface area contributed by atoms with Gasteiger partial charge in [-0.3, -0.25) is 10.1 Å². The average Bonchev–Trinajstić information content (AvgIpc) is 3.11. The number of nitriles is 1. The summed E-state index contributed by atoms with van der Waals surface area (Å²) in [5, 5.41) is 12.4. The number of benzene rings is 1. The smallest absolute Gasteiger partial charge is 0.246 e. The maximum atomic E-state index is 12.5. The molecule has 4 rings (SSSR count). The van der Waals surface area contributed by atoms with E-state index in [1.165, 1.54) is 5.56 Å². The van der Waals surface area contributed by atoms with Gasteiger partial charge < -0.3 is 4.90 Å². The number of nitrogens with zero attached hydrogens (tertiary/aromatic N) is 3. The highest BCUT2D eigenvalue weighted by molar-refractivity contribution is 6.02. The van der Waals surface area contributed by atoms with E-state index in [9.17, 15) is 10.1 Å². The van der Waals surface area contributed by atoms with Gasteiger partial charge in [-0.15, -0.1) is 0 Å². The fourth-order valence-electron chi connectivity index (χ4n) is 4.74. The fourth-order valence-corrected chi connectivity index (χ4v) is 4.74. The third-order valence-corrected chi connectivity index (χ3v) is 6.24. The molecule has 2 fully saturated rings. The molecule has 1 aromatic carbocycles. The maximum Gasteiger partial charge on any atom is 0.246 e. The van der Waals surface area contributed by atoms with Crippen LogP contribution in [0.15, 0.2) is 35.3 Å². The van der Waals surface area contributed by atoms with Crippen molar-refractivity contribution < 1.29 is 4.79 Å². The number of hydrogen-bond donors (Lipinski definition) is 1. The zero-order valence-corrected chi connectivity index (χ0v) is 15.2. The van der Waals surface area contributed by atoms with Crippen LogP contribution in [0.5, 0.6) is 0 Å². The minimum absolute atomic E-state index is 0.161. The summed E-state index contributed by atoms with van der Waals surface area (Å²) in [6.45, 7) is 1.84. The Morgan fingerprint density at radius 1 is 1.19 bits per heavy atom. The van der Waals surface area contributed by atoms with Crippen molar-refractivity contribution in [2.45, 2.75) is 50.5 Å². The first-order chi connectivity index (χ1) is 12.7. The van der Waals surface area contributed by atoms with Gasteiger partial charge in [0, 0.05) is 13.1 Å². The molecule has 0 bridgehead atoms. The van der Waals surface area contributed by atoms with Crippen molar-refractivity contribution in [2.24, 2.45) is 16.8 Å². The van der Waals surface area contributed by atoms with E-state index >= 15 is 0 Å². The van der Waals surface area contributed by atoms with Gasteiger partial charge in [0.25, 0.3) is 0 Å². The molecular weight excluding hydrogens is 324 g/mol. The van der Waals surface area contributed by atoms with E-state index in [1.807, 2.05) is 0 Å². The molecule has 5 nitrogen and oxygen atoms in total. The van der Waals surface area contributed by atoms with Gasteiger partial charge in [0.05, 0.1) is 11.6 Å². The van der Waals surface area contributed by atoms with Crippen LogP contribution in [0.25, 0.3) is 0 Å². The zero-order chi connectivity index (χ0) is 18.0. The Labute approximate surface area is 155 Å². The summed E-state index contributed by atoms with van der Waals surface area (Å²) in [5.41, 5.74) is 0.920. The van der Waals surface area contributed by atoms with Crippen LogP contribution in [0.4, 0.5) is 0 Å². The first kappa shape index (κ1) is 17.1. The number of nitrogens with one attached hydrogen (secondary N) is 1. The van der Waals surface area contributed by atoms with E-state index in [2.05, 4.69) is 46.6 Å². The lowest BCUT2D eigenvalue weighted by molar-refractivity contribution is -0.124. The summed E-state index contributed by atoms with van der Waals surface area (Å²) in [4.78, 5) is 19.7. The highest BCUT2D eigenvalue weighted by Crippen LogP contribution is 2.41. The Morgan fingerprint density at radius 3 is 2.54 bits per heavy atom. The molecule has 3 aliphatic rings. The van der Waals surface area contributed by atoms with Gasteiger partial charge in [-0.2, -0.15) is 5.26 Å². The van der Waals surface area contributed by atoms with Crippen LogP contribution in [-0.4, -0.2) is 35.4 Å². The second kappa shape index (κ2) is 7.11. The Hall–Kier alpha value is -2.35. The second-order valence-corrected chi connectivity index (χ2v) is 7.92. The van der Waals surface area contributed by atoms with E-state index in [0.717, 1.165) is 58.0 Å². The normalized spacial score (nSPS) is 25.7. The van der Waals surface area contributed by atoms with Crippen LogP contribution in [0.1, 0.15) is 44.1 Å². The highest BCUT2D eigenvalue weighted by Gasteiger charge is 2.49. The summed E-state index contributed by atoms with van der Waals surface area (Å²) >= 11 is 0. The summed E-state index contributed by atoms with van der Waals surface area (Å²) in [7, 11) is 0. The van der Waals surface area contributed by atoms with Crippen molar-refractivity contribution in [1.29, 1.82) is 5.26 Å². The van der Waals surface area contributed by atoms with Crippen LogP contribution < -0.4 is 5.32 Å². The Morgan fingerprint density at radius 2 is 1.88 bits per heavy atom. The molecule has 26 heavy (non-hydrogen) atoms. The number of guanidine groups is 1. The van der Waals surface area contributed by atoms with E-state index in [0.29, 0.717) is 11.9 Å². The largest absolute Gasteiger partial charge is 0.343 e. The molecule has 5 heteroatoms. The van der Waals surface area contributed by atoms with Crippen molar-refractivity contribution in [3.8, 4) is 6.07 Å². The maximum absolute atomic E-state index is 12.5. The van der Waals surface area contributed by atoms with Gasteiger partial charge in [-0.05, 0) is 43.6 Å². The lowest BCUT2D eigenvalue weighted by atomic mass is 9.82. The third-order valence-electron chi connectivity index (χ3n) is 6.24. The molecular formula is C21H26N4O. The van der Waals surface area contributed by atoms with Crippen molar-refractivity contribution in [3.05, 3.63) is 35.9 Å². The molecule has 1 unspecified atom stereocenters. The molecule has 2 heterocycles. The quantitative estimate of drug-likeness (QED) is 0.892. The van der Waals surface area contributed by atoms with E-state index in [4.69, 9.17) is 4.99 Å². The molecule has 1 aromatic rings. The van der Waals surface area contributed by atoms with E-state index in [1.54, 1.807) is 0 Å². The molecule has 0 aromatic heterocycles. The zero-order valence-electron chi connectivity index (χ0n) is 15.2.